The van der Waals surface area contributed by atoms with Gasteiger partial charge in [0.1, 0.15) is 5.52 Å². The van der Waals surface area contributed by atoms with Crippen LogP contribution in [0, 0.1) is 0 Å². The summed E-state index contributed by atoms with van der Waals surface area (Å²) in [6, 6.07) is 11.1. The highest BCUT2D eigenvalue weighted by Gasteiger charge is 2.21. The molecule has 1 aliphatic heterocycles. The van der Waals surface area contributed by atoms with Crippen molar-refractivity contribution in [3.05, 3.63) is 42.2 Å². The maximum absolute atomic E-state index is 4.63. The number of likely N-dealkylation sites (tertiary alicyclic amines) is 1. The first kappa shape index (κ1) is 16.8. The zero-order chi connectivity index (χ0) is 17.8. The van der Waals surface area contributed by atoms with Gasteiger partial charge in [0.05, 0.1) is 6.33 Å². The Morgan fingerprint density at radius 2 is 1.96 bits per heavy atom. The average Bonchev–Trinajstić information content (AvgIpc) is 3.13. The lowest BCUT2D eigenvalue weighted by molar-refractivity contribution is 0.211. The fourth-order valence-corrected chi connectivity index (χ4v) is 3.45. The van der Waals surface area contributed by atoms with E-state index in [1.54, 1.807) is 6.33 Å². The molecule has 3 aromatic rings. The van der Waals surface area contributed by atoms with Crippen molar-refractivity contribution in [1.29, 1.82) is 0 Å². The van der Waals surface area contributed by atoms with Gasteiger partial charge in [-0.3, -0.25) is 4.90 Å². The van der Waals surface area contributed by atoms with Crippen LogP contribution in [0.15, 0.2) is 36.7 Å². The molecule has 4 rings (SSSR count). The molecule has 7 nitrogen and oxygen atoms in total. The lowest BCUT2D eigenvalue weighted by Gasteiger charge is -2.32. The van der Waals surface area contributed by atoms with E-state index in [0.29, 0.717) is 17.6 Å². The predicted molar refractivity (Wildman–Crippen MR) is 104 cm³/mol. The van der Waals surface area contributed by atoms with Gasteiger partial charge in [-0.1, -0.05) is 30.3 Å². The third-order valence-electron chi connectivity index (χ3n) is 4.80. The van der Waals surface area contributed by atoms with Crippen LogP contribution < -0.4 is 10.6 Å². The summed E-state index contributed by atoms with van der Waals surface area (Å²) in [5.41, 5.74) is 2.95. The lowest BCUT2D eigenvalue weighted by atomic mass is 10.0. The predicted octanol–water partition coefficient (Wildman–Crippen LogP) is 2.86. The molecule has 3 N–H and O–H groups in total. The van der Waals surface area contributed by atoms with E-state index in [1.165, 1.54) is 5.56 Å². The van der Waals surface area contributed by atoms with Crippen LogP contribution in [0.3, 0.4) is 0 Å². The number of imidazole rings is 1. The van der Waals surface area contributed by atoms with Crippen molar-refractivity contribution >= 4 is 22.9 Å². The Bertz CT molecular complexity index is 837. The first-order valence-corrected chi connectivity index (χ1v) is 9.29. The molecule has 3 heterocycles. The second kappa shape index (κ2) is 7.70. The number of nitrogens with zero attached hydrogens (tertiary/aromatic N) is 4. The molecule has 2 aromatic heterocycles. The molecular formula is C19H25N7. The van der Waals surface area contributed by atoms with Gasteiger partial charge in [0.15, 0.2) is 11.5 Å². The van der Waals surface area contributed by atoms with E-state index in [9.17, 15) is 0 Å². The van der Waals surface area contributed by atoms with E-state index >= 15 is 0 Å². The van der Waals surface area contributed by atoms with Gasteiger partial charge in [0.2, 0.25) is 5.95 Å². The number of nitrogens with one attached hydrogen (secondary N) is 3. The molecule has 0 unspecified atom stereocenters. The van der Waals surface area contributed by atoms with Crippen LogP contribution in [0.25, 0.3) is 11.2 Å². The van der Waals surface area contributed by atoms with Crippen molar-refractivity contribution in [3.8, 4) is 0 Å². The molecule has 1 aliphatic rings. The van der Waals surface area contributed by atoms with Crippen molar-refractivity contribution < 1.29 is 0 Å². The summed E-state index contributed by atoms with van der Waals surface area (Å²) in [7, 11) is 0. The number of fused-ring (bicyclic) bond motifs is 1. The number of H-pyrrole nitrogens is 1. The summed E-state index contributed by atoms with van der Waals surface area (Å²) >= 11 is 0. The Hall–Kier alpha value is -2.67. The zero-order valence-electron chi connectivity index (χ0n) is 15.1. The Morgan fingerprint density at radius 1 is 1.15 bits per heavy atom. The summed E-state index contributed by atoms with van der Waals surface area (Å²) in [6.07, 6.45) is 3.87. The number of rotatable bonds is 6. The molecular weight excluding hydrogens is 326 g/mol. The molecule has 0 aliphatic carbocycles. The van der Waals surface area contributed by atoms with Gasteiger partial charge in [-0.25, -0.2) is 4.98 Å². The van der Waals surface area contributed by atoms with Gasteiger partial charge in [0.25, 0.3) is 0 Å². The van der Waals surface area contributed by atoms with Crippen LogP contribution in [0.5, 0.6) is 0 Å². The van der Waals surface area contributed by atoms with Crippen molar-refractivity contribution in [1.82, 2.24) is 24.8 Å². The number of anilines is 2. The summed E-state index contributed by atoms with van der Waals surface area (Å²) in [4.78, 5) is 19.0. The van der Waals surface area contributed by atoms with Crippen LogP contribution in [-0.4, -0.2) is 50.5 Å². The highest BCUT2D eigenvalue weighted by molar-refractivity contribution is 5.83. The Morgan fingerprint density at radius 3 is 2.73 bits per heavy atom. The van der Waals surface area contributed by atoms with Gasteiger partial charge < -0.3 is 15.6 Å². The van der Waals surface area contributed by atoms with Crippen LogP contribution in [0.4, 0.5) is 11.8 Å². The molecule has 1 fully saturated rings. The average molecular weight is 351 g/mol. The lowest BCUT2D eigenvalue weighted by Crippen LogP contribution is -2.38. The van der Waals surface area contributed by atoms with Gasteiger partial charge in [0, 0.05) is 32.2 Å². The van der Waals surface area contributed by atoms with Gasteiger partial charge in [-0.15, -0.1) is 0 Å². The number of aromatic nitrogens is 4. The van der Waals surface area contributed by atoms with Crippen LogP contribution in [0.1, 0.15) is 25.3 Å². The molecule has 0 bridgehead atoms. The molecule has 0 spiro atoms. The third-order valence-corrected chi connectivity index (χ3v) is 4.80. The van der Waals surface area contributed by atoms with Gasteiger partial charge >= 0.3 is 0 Å². The first-order chi connectivity index (χ1) is 12.8. The minimum atomic E-state index is 0.415. The van der Waals surface area contributed by atoms with E-state index < -0.39 is 0 Å². The fraction of sp³-hybridized carbons (Fsp3) is 0.421. The van der Waals surface area contributed by atoms with Crippen LogP contribution in [0.2, 0.25) is 0 Å². The number of aromatic amines is 1. The summed E-state index contributed by atoms with van der Waals surface area (Å²) in [5, 5.41) is 6.78. The molecule has 7 heteroatoms. The van der Waals surface area contributed by atoms with Gasteiger partial charge in [-0.2, -0.15) is 9.97 Å². The molecule has 1 aromatic carbocycles. The summed E-state index contributed by atoms with van der Waals surface area (Å²) in [5.74, 6) is 1.46. The second-order valence-electron chi connectivity index (χ2n) is 6.71. The van der Waals surface area contributed by atoms with Crippen molar-refractivity contribution in [2.75, 3.05) is 30.3 Å². The molecule has 1 saturated heterocycles. The monoisotopic (exact) mass is 351 g/mol. The Balaban J connectivity index is 1.40. The van der Waals surface area contributed by atoms with E-state index in [4.69, 9.17) is 0 Å². The van der Waals surface area contributed by atoms with E-state index in [1.807, 2.05) is 6.92 Å². The minimum absolute atomic E-state index is 0.415. The second-order valence-corrected chi connectivity index (χ2v) is 6.71. The highest BCUT2D eigenvalue weighted by Crippen LogP contribution is 2.22. The topological polar surface area (TPSA) is 81.8 Å². The normalized spacial score (nSPS) is 16.0. The molecule has 0 atom stereocenters. The fourth-order valence-electron chi connectivity index (χ4n) is 3.45. The maximum atomic E-state index is 4.63. The quantitative estimate of drug-likeness (QED) is 0.633. The number of benzene rings is 1. The third kappa shape index (κ3) is 3.77. The Labute approximate surface area is 153 Å². The Kier molecular flexibility index (Phi) is 4.97. The molecule has 0 radical (unpaired) electrons. The summed E-state index contributed by atoms with van der Waals surface area (Å²) in [6.45, 7) is 6.02. The highest BCUT2D eigenvalue weighted by atomic mass is 15.2. The number of hydrogen-bond acceptors (Lipinski definition) is 6. The van der Waals surface area contributed by atoms with Crippen LogP contribution in [-0.2, 0) is 6.54 Å². The van der Waals surface area contributed by atoms with E-state index in [2.05, 4.69) is 65.8 Å². The van der Waals surface area contributed by atoms with Crippen molar-refractivity contribution in [2.24, 2.45) is 0 Å². The number of piperidine rings is 1. The first-order valence-electron chi connectivity index (χ1n) is 9.29. The minimum Gasteiger partial charge on any atom is -0.365 e. The molecule has 26 heavy (non-hydrogen) atoms. The molecule has 0 saturated carbocycles. The largest absolute Gasteiger partial charge is 0.365 e. The smallest absolute Gasteiger partial charge is 0.226 e. The molecule has 136 valence electrons. The van der Waals surface area contributed by atoms with E-state index in [-0.39, 0.29) is 0 Å². The van der Waals surface area contributed by atoms with Crippen molar-refractivity contribution in [2.45, 2.75) is 32.4 Å². The SMILES string of the molecule is CCNc1nc(NC2CCN(Cc3ccccc3)CC2)c2[nH]cnc2n1. The van der Waals surface area contributed by atoms with Crippen molar-refractivity contribution in [3.63, 3.8) is 0 Å². The van der Waals surface area contributed by atoms with E-state index in [0.717, 1.165) is 50.4 Å². The molecule has 0 amide bonds. The zero-order valence-corrected chi connectivity index (χ0v) is 15.1. The van der Waals surface area contributed by atoms with Crippen LogP contribution >= 0.6 is 0 Å². The van der Waals surface area contributed by atoms with Gasteiger partial charge in [-0.05, 0) is 25.3 Å². The summed E-state index contributed by atoms with van der Waals surface area (Å²) < 4.78 is 0. The standard InChI is InChI=1S/C19H25N7/c1-2-20-19-24-17-16(21-13-22-17)18(25-19)23-15-8-10-26(11-9-15)12-14-6-4-3-5-7-14/h3-7,13,15H,2,8-12H2,1H3,(H3,20,21,22,23,24,25). The maximum Gasteiger partial charge on any atom is 0.226 e. The number of hydrogen-bond donors (Lipinski definition) is 3.